The molecule has 1 aliphatic carbocycles. The van der Waals surface area contributed by atoms with E-state index in [4.69, 9.17) is 27.9 Å². The largest absolute Gasteiger partial charge is 0.424 e. The predicted octanol–water partition coefficient (Wildman–Crippen LogP) is 2.85. The maximum atomic E-state index is 12.3. The summed E-state index contributed by atoms with van der Waals surface area (Å²) in [5.74, 6) is -2.01. The lowest BCUT2D eigenvalue weighted by atomic mass is 9.85. The van der Waals surface area contributed by atoms with Crippen LogP contribution >= 0.6 is 23.2 Å². The quantitative estimate of drug-likeness (QED) is 0.362. The molecular weight excluding hydrogens is 341 g/mol. The number of hydrogen-bond acceptors (Lipinski definition) is 4. The summed E-state index contributed by atoms with van der Waals surface area (Å²) in [5, 5.41) is 0.363. The fourth-order valence-corrected chi connectivity index (χ4v) is 3.20. The van der Waals surface area contributed by atoms with Crippen LogP contribution in [0.4, 0.5) is 0 Å². The molecule has 1 aliphatic heterocycles. The van der Waals surface area contributed by atoms with Crippen molar-refractivity contribution in [1.82, 2.24) is 4.90 Å². The molecule has 1 aromatic carbocycles. The number of likely N-dealkylation sites (tertiary alicyclic amines) is 1. The lowest BCUT2D eigenvalue weighted by Crippen LogP contribution is -2.37. The van der Waals surface area contributed by atoms with Crippen molar-refractivity contribution in [3.63, 3.8) is 0 Å². The molecule has 2 amide bonds. The number of carbonyl (C=O) groups excluding carboxylic acids is 3. The fraction of sp³-hybridized carbons (Fsp3) is 0.312. The Morgan fingerprint density at radius 2 is 1.74 bits per heavy atom. The van der Waals surface area contributed by atoms with Crippen LogP contribution in [0.1, 0.15) is 12.8 Å². The minimum atomic E-state index is -0.734. The lowest BCUT2D eigenvalue weighted by Gasteiger charge is -2.14. The number of rotatable bonds is 3. The highest BCUT2D eigenvalue weighted by Crippen LogP contribution is 2.35. The Labute approximate surface area is 142 Å². The zero-order chi connectivity index (χ0) is 16.6. The summed E-state index contributed by atoms with van der Waals surface area (Å²) in [6.45, 7) is -0.423. The molecule has 120 valence electrons. The molecule has 3 rings (SSSR count). The van der Waals surface area contributed by atoms with E-state index in [0.717, 1.165) is 4.90 Å². The number of amides is 2. The molecule has 0 unspecified atom stereocenters. The number of ether oxygens (including phenoxy) is 1. The topological polar surface area (TPSA) is 63.7 Å². The minimum absolute atomic E-state index is 0.0994. The number of halogens is 2. The third-order valence-electron chi connectivity index (χ3n) is 4.03. The Morgan fingerprint density at radius 3 is 2.35 bits per heavy atom. The van der Waals surface area contributed by atoms with Gasteiger partial charge in [0.05, 0.1) is 16.9 Å². The van der Waals surface area contributed by atoms with E-state index in [1.54, 1.807) is 12.1 Å². The molecule has 7 heteroatoms. The van der Waals surface area contributed by atoms with Crippen LogP contribution in [0.2, 0.25) is 10.0 Å². The standard InChI is InChI=1S/C16H13Cl2NO4/c17-11-6-3-7-12(14(11)18)23-13(20)8-19-15(21)9-4-1-2-5-10(9)16(19)22/h1-3,6-7,9-10H,4-5,8H2/t9-,10-/m1/s1. The molecule has 2 aliphatic rings. The van der Waals surface area contributed by atoms with Crippen molar-refractivity contribution in [3.05, 3.63) is 40.4 Å². The van der Waals surface area contributed by atoms with Crippen LogP contribution in [0.5, 0.6) is 5.75 Å². The summed E-state index contributed by atoms with van der Waals surface area (Å²) in [4.78, 5) is 37.6. The van der Waals surface area contributed by atoms with Gasteiger partial charge < -0.3 is 4.74 Å². The second-order valence-corrected chi connectivity index (χ2v) is 6.23. The van der Waals surface area contributed by atoms with Gasteiger partial charge in [-0.15, -0.1) is 0 Å². The molecular formula is C16H13Cl2NO4. The molecule has 1 saturated heterocycles. The highest BCUT2D eigenvalue weighted by Gasteiger charge is 2.47. The van der Waals surface area contributed by atoms with E-state index in [2.05, 4.69) is 0 Å². The van der Waals surface area contributed by atoms with E-state index < -0.39 is 12.5 Å². The molecule has 5 nitrogen and oxygen atoms in total. The molecule has 1 aromatic rings. The van der Waals surface area contributed by atoms with Crippen molar-refractivity contribution >= 4 is 41.0 Å². The molecule has 2 atom stereocenters. The summed E-state index contributed by atoms with van der Waals surface area (Å²) < 4.78 is 5.12. The maximum Gasteiger partial charge on any atom is 0.331 e. The minimum Gasteiger partial charge on any atom is -0.424 e. The van der Waals surface area contributed by atoms with Crippen molar-refractivity contribution < 1.29 is 19.1 Å². The lowest BCUT2D eigenvalue weighted by molar-refractivity contribution is -0.148. The van der Waals surface area contributed by atoms with Crippen molar-refractivity contribution in [3.8, 4) is 5.75 Å². The second kappa shape index (κ2) is 6.34. The Kier molecular flexibility index (Phi) is 4.41. The molecule has 0 bridgehead atoms. The van der Waals surface area contributed by atoms with Gasteiger partial charge in [-0.1, -0.05) is 41.4 Å². The van der Waals surface area contributed by atoms with Gasteiger partial charge in [-0.3, -0.25) is 14.5 Å². The van der Waals surface area contributed by atoms with Crippen molar-refractivity contribution in [2.24, 2.45) is 11.8 Å². The van der Waals surface area contributed by atoms with E-state index in [0.29, 0.717) is 12.8 Å². The molecule has 0 aromatic heterocycles. The van der Waals surface area contributed by atoms with Gasteiger partial charge in [0.15, 0.2) is 5.75 Å². The first-order valence-corrected chi connectivity index (χ1v) is 7.89. The van der Waals surface area contributed by atoms with Gasteiger partial charge in [0, 0.05) is 0 Å². The normalized spacial score (nSPS) is 23.1. The molecule has 0 saturated carbocycles. The Morgan fingerprint density at radius 1 is 1.13 bits per heavy atom. The highest BCUT2D eigenvalue weighted by atomic mass is 35.5. The summed E-state index contributed by atoms with van der Waals surface area (Å²) >= 11 is 11.8. The molecule has 0 spiro atoms. The van der Waals surface area contributed by atoms with Gasteiger partial charge in [-0.2, -0.15) is 0 Å². The van der Waals surface area contributed by atoms with Crippen LogP contribution in [0.3, 0.4) is 0 Å². The van der Waals surface area contributed by atoms with E-state index in [9.17, 15) is 14.4 Å². The smallest absolute Gasteiger partial charge is 0.331 e. The molecule has 23 heavy (non-hydrogen) atoms. The zero-order valence-corrected chi connectivity index (χ0v) is 13.5. The first kappa shape index (κ1) is 16.0. The predicted molar refractivity (Wildman–Crippen MR) is 84.2 cm³/mol. The highest BCUT2D eigenvalue weighted by molar-refractivity contribution is 6.43. The van der Waals surface area contributed by atoms with Gasteiger partial charge in [0.1, 0.15) is 11.6 Å². The third-order valence-corrected chi connectivity index (χ3v) is 4.83. The van der Waals surface area contributed by atoms with Crippen LogP contribution in [0, 0.1) is 11.8 Å². The average molecular weight is 354 g/mol. The van der Waals surface area contributed by atoms with Crippen molar-refractivity contribution in [2.45, 2.75) is 12.8 Å². The maximum absolute atomic E-state index is 12.3. The van der Waals surface area contributed by atoms with Gasteiger partial charge in [0.25, 0.3) is 0 Å². The summed E-state index contributed by atoms with van der Waals surface area (Å²) in [7, 11) is 0. The second-order valence-electron chi connectivity index (χ2n) is 5.44. The van der Waals surface area contributed by atoms with Crippen LogP contribution in [0.25, 0.3) is 0 Å². The monoisotopic (exact) mass is 353 g/mol. The van der Waals surface area contributed by atoms with Crippen LogP contribution in [0.15, 0.2) is 30.4 Å². The van der Waals surface area contributed by atoms with Crippen LogP contribution in [-0.4, -0.2) is 29.2 Å². The van der Waals surface area contributed by atoms with E-state index in [1.807, 2.05) is 12.2 Å². The summed E-state index contributed by atoms with van der Waals surface area (Å²) in [6, 6.07) is 4.64. The molecule has 1 fully saturated rings. The van der Waals surface area contributed by atoms with Gasteiger partial charge >= 0.3 is 5.97 Å². The van der Waals surface area contributed by atoms with Gasteiger partial charge in [-0.05, 0) is 25.0 Å². The van der Waals surface area contributed by atoms with Crippen LogP contribution in [-0.2, 0) is 14.4 Å². The Hall–Kier alpha value is -1.85. The van der Waals surface area contributed by atoms with E-state index >= 15 is 0 Å². The molecule has 1 heterocycles. The Bertz CT molecular complexity index is 690. The van der Waals surface area contributed by atoms with Crippen molar-refractivity contribution in [1.29, 1.82) is 0 Å². The van der Waals surface area contributed by atoms with E-state index in [1.165, 1.54) is 6.07 Å². The first-order chi connectivity index (χ1) is 11.0. The third kappa shape index (κ3) is 2.99. The summed E-state index contributed by atoms with van der Waals surface area (Å²) in [6.07, 6.45) is 4.83. The first-order valence-electron chi connectivity index (χ1n) is 7.14. The number of allylic oxidation sites excluding steroid dienone is 2. The van der Waals surface area contributed by atoms with Crippen LogP contribution < -0.4 is 4.74 Å². The van der Waals surface area contributed by atoms with Gasteiger partial charge in [-0.25, -0.2) is 4.79 Å². The molecule has 0 N–H and O–H groups in total. The number of esters is 1. The van der Waals surface area contributed by atoms with Gasteiger partial charge in [0.2, 0.25) is 11.8 Å². The number of fused-ring (bicyclic) bond motifs is 1. The molecule has 0 radical (unpaired) electrons. The Balaban J connectivity index is 1.70. The average Bonchev–Trinajstić information content (AvgIpc) is 2.77. The van der Waals surface area contributed by atoms with Crippen molar-refractivity contribution in [2.75, 3.05) is 6.54 Å². The number of carbonyl (C=O) groups is 3. The number of benzene rings is 1. The fourth-order valence-electron chi connectivity index (χ4n) is 2.87. The number of imide groups is 1. The SMILES string of the molecule is O=C(CN1C(=O)[C@@H]2CC=CC[C@H]2C1=O)Oc1cccc(Cl)c1Cl. The summed E-state index contributed by atoms with van der Waals surface area (Å²) in [5.41, 5.74) is 0. The van der Waals surface area contributed by atoms with E-state index in [-0.39, 0.29) is 39.4 Å². The number of hydrogen-bond donors (Lipinski definition) is 0. The zero-order valence-electron chi connectivity index (χ0n) is 12.0. The number of nitrogens with zero attached hydrogens (tertiary/aromatic N) is 1.